The molecule has 3 rings (SSSR count). The highest BCUT2D eigenvalue weighted by Crippen LogP contribution is 2.18. The molecule has 1 atom stereocenters. The van der Waals surface area contributed by atoms with Crippen LogP contribution in [-0.2, 0) is 0 Å². The zero-order valence-electron chi connectivity index (χ0n) is 15.2. The minimum Gasteiger partial charge on any atom is -0.348 e. The largest absolute Gasteiger partial charge is 0.348 e. The standard InChI is InChI=1S/C21H24N2O2.ClH/c1-14-9-10-16(12-15(14)2)20(24)18-7-3-4-8-19(18)21(25)23-17-6-5-11-22-13-17;/h3-4,7-10,12,17,22H,5-6,11,13H2,1-2H3,(H,23,25);1H. The SMILES string of the molecule is Cc1ccc(C(=O)c2ccccc2C(=O)NC2CCCNC2)cc1C.Cl. The molecule has 1 aliphatic heterocycles. The minimum absolute atomic E-state index is 0. The Kier molecular flexibility index (Phi) is 6.95. The van der Waals surface area contributed by atoms with Gasteiger partial charge in [-0.15, -0.1) is 12.4 Å². The molecule has 138 valence electrons. The molecule has 0 bridgehead atoms. The summed E-state index contributed by atoms with van der Waals surface area (Å²) >= 11 is 0. The van der Waals surface area contributed by atoms with Gasteiger partial charge in [-0.05, 0) is 56.5 Å². The molecule has 0 radical (unpaired) electrons. The van der Waals surface area contributed by atoms with Crippen molar-refractivity contribution in [1.29, 1.82) is 0 Å². The van der Waals surface area contributed by atoms with E-state index in [2.05, 4.69) is 10.6 Å². The Hall–Kier alpha value is -2.17. The summed E-state index contributed by atoms with van der Waals surface area (Å²) in [6, 6.07) is 12.8. The van der Waals surface area contributed by atoms with E-state index in [0.29, 0.717) is 16.7 Å². The van der Waals surface area contributed by atoms with Gasteiger partial charge in [0.25, 0.3) is 5.91 Å². The average Bonchev–Trinajstić information content (AvgIpc) is 2.64. The van der Waals surface area contributed by atoms with Gasteiger partial charge in [0.15, 0.2) is 5.78 Å². The smallest absolute Gasteiger partial charge is 0.252 e. The Labute approximate surface area is 160 Å². The number of carbonyl (C=O) groups is 2. The Bertz CT molecular complexity index is 798. The van der Waals surface area contributed by atoms with E-state index in [-0.39, 0.29) is 30.1 Å². The van der Waals surface area contributed by atoms with Crippen LogP contribution < -0.4 is 10.6 Å². The zero-order chi connectivity index (χ0) is 17.8. The van der Waals surface area contributed by atoms with Crippen LogP contribution in [0.1, 0.15) is 50.2 Å². The Morgan fingerprint density at radius 1 is 1.04 bits per heavy atom. The molecule has 0 saturated carbocycles. The number of hydrogen-bond acceptors (Lipinski definition) is 3. The third-order valence-corrected chi connectivity index (χ3v) is 4.82. The van der Waals surface area contributed by atoms with Crippen LogP contribution >= 0.6 is 12.4 Å². The second-order valence-electron chi connectivity index (χ2n) is 6.69. The van der Waals surface area contributed by atoms with Crippen LogP contribution in [0.15, 0.2) is 42.5 Å². The van der Waals surface area contributed by atoms with Crippen LogP contribution in [0.25, 0.3) is 0 Å². The highest BCUT2D eigenvalue weighted by molar-refractivity contribution is 6.15. The molecule has 1 unspecified atom stereocenters. The van der Waals surface area contributed by atoms with Crippen LogP contribution in [0, 0.1) is 13.8 Å². The van der Waals surface area contributed by atoms with Gasteiger partial charge in [-0.3, -0.25) is 9.59 Å². The molecule has 1 fully saturated rings. The fraction of sp³-hybridized carbons (Fsp3) is 0.333. The summed E-state index contributed by atoms with van der Waals surface area (Å²) in [6.45, 7) is 5.78. The third-order valence-electron chi connectivity index (χ3n) is 4.82. The van der Waals surface area contributed by atoms with E-state index >= 15 is 0 Å². The molecule has 26 heavy (non-hydrogen) atoms. The van der Waals surface area contributed by atoms with Gasteiger partial charge < -0.3 is 10.6 Å². The average molecular weight is 373 g/mol. The molecule has 1 heterocycles. The number of hydrogen-bond donors (Lipinski definition) is 2. The first-order valence-electron chi connectivity index (χ1n) is 8.79. The highest BCUT2D eigenvalue weighted by atomic mass is 35.5. The molecule has 2 aromatic carbocycles. The van der Waals surface area contributed by atoms with Gasteiger partial charge in [-0.1, -0.05) is 30.3 Å². The van der Waals surface area contributed by atoms with E-state index in [0.717, 1.165) is 37.1 Å². The van der Waals surface area contributed by atoms with E-state index in [1.165, 1.54) is 0 Å². The topological polar surface area (TPSA) is 58.2 Å². The van der Waals surface area contributed by atoms with Crippen molar-refractivity contribution in [2.45, 2.75) is 32.7 Å². The van der Waals surface area contributed by atoms with Gasteiger partial charge in [0, 0.05) is 23.7 Å². The first kappa shape index (κ1) is 20.1. The second kappa shape index (κ2) is 8.97. The maximum Gasteiger partial charge on any atom is 0.252 e. The second-order valence-corrected chi connectivity index (χ2v) is 6.69. The van der Waals surface area contributed by atoms with Crippen molar-refractivity contribution in [3.05, 3.63) is 70.3 Å². The molecule has 1 amide bonds. The van der Waals surface area contributed by atoms with Crippen LogP contribution in [0.2, 0.25) is 0 Å². The lowest BCUT2D eigenvalue weighted by Crippen LogP contribution is -2.45. The van der Waals surface area contributed by atoms with Gasteiger partial charge in [0.2, 0.25) is 0 Å². The minimum atomic E-state index is -0.179. The lowest BCUT2D eigenvalue weighted by molar-refractivity contribution is 0.0921. The quantitative estimate of drug-likeness (QED) is 0.808. The van der Waals surface area contributed by atoms with Crippen molar-refractivity contribution in [1.82, 2.24) is 10.6 Å². The highest BCUT2D eigenvalue weighted by Gasteiger charge is 2.21. The molecule has 1 saturated heterocycles. The number of rotatable bonds is 4. The predicted molar refractivity (Wildman–Crippen MR) is 106 cm³/mol. The lowest BCUT2D eigenvalue weighted by atomic mass is 9.95. The monoisotopic (exact) mass is 372 g/mol. The summed E-state index contributed by atoms with van der Waals surface area (Å²) in [5.74, 6) is -0.294. The number of carbonyl (C=O) groups excluding carboxylic acids is 2. The Balaban J connectivity index is 0.00000243. The van der Waals surface area contributed by atoms with Crippen molar-refractivity contribution < 1.29 is 9.59 Å². The summed E-state index contributed by atoms with van der Waals surface area (Å²) in [6.07, 6.45) is 2.01. The van der Waals surface area contributed by atoms with E-state index in [4.69, 9.17) is 0 Å². The molecule has 5 heteroatoms. The number of nitrogens with one attached hydrogen (secondary N) is 2. The summed E-state index contributed by atoms with van der Waals surface area (Å²) < 4.78 is 0. The van der Waals surface area contributed by atoms with Crippen molar-refractivity contribution in [3.63, 3.8) is 0 Å². The maximum atomic E-state index is 12.9. The summed E-state index contributed by atoms with van der Waals surface area (Å²) in [4.78, 5) is 25.6. The fourth-order valence-corrected chi connectivity index (χ4v) is 3.16. The lowest BCUT2D eigenvalue weighted by Gasteiger charge is -2.24. The summed E-state index contributed by atoms with van der Waals surface area (Å²) in [5.41, 5.74) is 3.72. The molecule has 0 aromatic heterocycles. The van der Waals surface area contributed by atoms with E-state index in [9.17, 15) is 9.59 Å². The summed E-state index contributed by atoms with van der Waals surface area (Å²) in [5, 5.41) is 6.33. The first-order valence-corrected chi connectivity index (χ1v) is 8.79. The van der Waals surface area contributed by atoms with E-state index in [1.54, 1.807) is 24.3 Å². The molecule has 0 aliphatic carbocycles. The maximum absolute atomic E-state index is 12.9. The Morgan fingerprint density at radius 2 is 1.77 bits per heavy atom. The number of ketones is 1. The van der Waals surface area contributed by atoms with Crippen LogP contribution in [0.5, 0.6) is 0 Å². The van der Waals surface area contributed by atoms with Gasteiger partial charge >= 0.3 is 0 Å². The number of halogens is 1. The van der Waals surface area contributed by atoms with Crippen LogP contribution in [0.4, 0.5) is 0 Å². The van der Waals surface area contributed by atoms with Crippen LogP contribution in [0.3, 0.4) is 0 Å². The third kappa shape index (κ3) is 4.51. The molecular weight excluding hydrogens is 348 g/mol. The zero-order valence-corrected chi connectivity index (χ0v) is 16.0. The van der Waals surface area contributed by atoms with Gasteiger partial charge in [-0.25, -0.2) is 0 Å². The molecule has 2 aromatic rings. The van der Waals surface area contributed by atoms with Crippen molar-refractivity contribution >= 4 is 24.1 Å². The first-order chi connectivity index (χ1) is 12.1. The van der Waals surface area contributed by atoms with Gasteiger partial charge in [0.1, 0.15) is 0 Å². The van der Waals surface area contributed by atoms with Crippen molar-refractivity contribution in [2.75, 3.05) is 13.1 Å². The molecular formula is C21H25ClN2O2. The molecule has 1 aliphatic rings. The van der Waals surface area contributed by atoms with Crippen LogP contribution in [-0.4, -0.2) is 30.8 Å². The summed E-state index contributed by atoms with van der Waals surface area (Å²) in [7, 11) is 0. The number of benzene rings is 2. The normalized spacial score (nSPS) is 16.5. The fourth-order valence-electron chi connectivity index (χ4n) is 3.16. The van der Waals surface area contributed by atoms with E-state index in [1.807, 2.05) is 32.0 Å². The van der Waals surface area contributed by atoms with Crippen molar-refractivity contribution in [3.8, 4) is 0 Å². The van der Waals surface area contributed by atoms with Crippen molar-refractivity contribution in [2.24, 2.45) is 0 Å². The predicted octanol–water partition coefficient (Wildman–Crippen LogP) is 3.44. The van der Waals surface area contributed by atoms with Gasteiger partial charge in [0.05, 0.1) is 5.56 Å². The molecule has 0 spiro atoms. The van der Waals surface area contributed by atoms with Gasteiger partial charge in [-0.2, -0.15) is 0 Å². The molecule has 4 nitrogen and oxygen atoms in total. The van der Waals surface area contributed by atoms with E-state index < -0.39 is 0 Å². The molecule has 2 N–H and O–H groups in total. The number of piperidine rings is 1. The Morgan fingerprint density at radius 3 is 2.42 bits per heavy atom. The number of aryl methyl sites for hydroxylation is 2. The number of amides is 1.